The van der Waals surface area contributed by atoms with Gasteiger partial charge in [-0.05, 0) is 36.8 Å². The third-order valence-corrected chi connectivity index (χ3v) is 4.70. The average Bonchev–Trinajstić information content (AvgIpc) is 2.77. The van der Waals surface area contributed by atoms with E-state index in [9.17, 15) is 14.4 Å². The zero-order valence-electron chi connectivity index (χ0n) is 17.5. The monoisotopic (exact) mass is 426 g/mol. The number of nitrogens with two attached hydrogens (primary N) is 2. The van der Waals surface area contributed by atoms with Crippen LogP contribution in [0.5, 0.6) is 0 Å². The van der Waals surface area contributed by atoms with Crippen LogP contribution in [-0.2, 0) is 27.4 Å². The van der Waals surface area contributed by atoms with Crippen molar-refractivity contribution in [2.45, 2.75) is 44.4 Å². The molecule has 0 spiro atoms. The molecule has 2 aromatic rings. The fraction of sp³-hybridized carbons (Fsp3) is 0.348. The van der Waals surface area contributed by atoms with E-state index in [2.05, 4.69) is 10.6 Å². The molecular weight excluding hydrogens is 396 g/mol. The van der Waals surface area contributed by atoms with Crippen molar-refractivity contribution in [1.29, 1.82) is 0 Å². The van der Waals surface area contributed by atoms with E-state index >= 15 is 0 Å². The van der Waals surface area contributed by atoms with Gasteiger partial charge in [-0.3, -0.25) is 9.59 Å². The van der Waals surface area contributed by atoms with Gasteiger partial charge in [-0.1, -0.05) is 60.7 Å². The Kier molecular flexibility index (Phi) is 10.0. The molecule has 3 amide bonds. The Hall–Kier alpha value is -3.39. The normalized spacial score (nSPS) is 12.4. The zero-order chi connectivity index (χ0) is 22.5. The largest absolute Gasteiger partial charge is 0.445 e. The fourth-order valence-corrected chi connectivity index (χ4v) is 2.96. The highest BCUT2D eigenvalue weighted by molar-refractivity contribution is 5.89. The van der Waals surface area contributed by atoms with E-state index in [1.165, 1.54) is 0 Å². The number of nitrogens with one attached hydrogen (secondary N) is 2. The summed E-state index contributed by atoms with van der Waals surface area (Å²) in [6.45, 7) is 0.590. The maximum atomic E-state index is 12.3. The Morgan fingerprint density at radius 2 is 1.52 bits per heavy atom. The molecule has 0 radical (unpaired) electrons. The minimum Gasteiger partial charge on any atom is -0.445 e. The molecule has 2 unspecified atom stereocenters. The summed E-state index contributed by atoms with van der Waals surface area (Å²) in [6.07, 6.45) is 1.42. The molecule has 0 aliphatic rings. The van der Waals surface area contributed by atoms with Crippen LogP contribution in [0.15, 0.2) is 60.7 Å². The van der Waals surface area contributed by atoms with E-state index in [1.807, 2.05) is 60.7 Å². The minimum atomic E-state index is -0.806. The van der Waals surface area contributed by atoms with Crippen molar-refractivity contribution >= 4 is 17.9 Å². The van der Waals surface area contributed by atoms with E-state index in [0.717, 1.165) is 11.1 Å². The molecular formula is C23H30N4O4. The van der Waals surface area contributed by atoms with Crippen LogP contribution in [0.4, 0.5) is 4.79 Å². The van der Waals surface area contributed by atoms with Crippen LogP contribution in [0.1, 0.15) is 30.4 Å². The van der Waals surface area contributed by atoms with E-state index < -0.39 is 30.0 Å². The average molecular weight is 427 g/mol. The van der Waals surface area contributed by atoms with Crippen molar-refractivity contribution in [2.75, 3.05) is 6.54 Å². The summed E-state index contributed by atoms with van der Waals surface area (Å²) < 4.78 is 5.13. The van der Waals surface area contributed by atoms with Gasteiger partial charge in [0.15, 0.2) is 0 Å². The number of carbonyl (C=O) groups is 3. The first-order valence-electron chi connectivity index (χ1n) is 10.3. The Labute approximate surface area is 182 Å². The predicted molar refractivity (Wildman–Crippen MR) is 118 cm³/mol. The minimum absolute atomic E-state index is 0.200. The van der Waals surface area contributed by atoms with Gasteiger partial charge >= 0.3 is 6.09 Å². The van der Waals surface area contributed by atoms with Crippen molar-refractivity contribution in [3.63, 3.8) is 0 Å². The summed E-state index contributed by atoms with van der Waals surface area (Å²) in [7, 11) is 0. The topological polar surface area (TPSA) is 137 Å². The number of hydrogen-bond acceptors (Lipinski definition) is 5. The van der Waals surface area contributed by atoms with Crippen LogP contribution in [0.3, 0.4) is 0 Å². The maximum Gasteiger partial charge on any atom is 0.407 e. The lowest BCUT2D eigenvalue weighted by Gasteiger charge is -2.18. The van der Waals surface area contributed by atoms with E-state index in [1.54, 1.807) is 0 Å². The molecule has 2 aromatic carbocycles. The summed E-state index contributed by atoms with van der Waals surface area (Å²) in [6, 6.07) is 17.2. The van der Waals surface area contributed by atoms with Crippen molar-refractivity contribution in [3.05, 3.63) is 71.8 Å². The molecule has 0 saturated carbocycles. The molecule has 2 rings (SSSR count). The van der Waals surface area contributed by atoms with Crippen molar-refractivity contribution in [1.82, 2.24) is 10.6 Å². The highest BCUT2D eigenvalue weighted by Crippen LogP contribution is 2.05. The maximum absolute atomic E-state index is 12.3. The molecule has 0 saturated heterocycles. The van der Waals surface area contributed by atoms with Gasteiger partial charge in [0, 0.05) is 6.54 Å². The number of primary amides is 1. The van der Waals surface area contributed by atoms with Gasteiger partial charge in [-0.2, -0.15) is 0 Å². The first-order chi connectivity index (χ1) is 15.0. The number of alkyl carbamates (subject to hydrolysis) is 1. The number of unbranched alkanes of at least 4 members (excludes halogenated alkanes) is 1. The number of amides is 3. The molecule has 0 bridgehead atoms. The quantitative estimate of drug-likeness (QED) is 0.382. The molecule has 0 heterocycles. The van der Waals surface area contributed by atoms with Gasteiger partial charge in [0.1, 0.15) is 12.6 Å². The smallest absolute Gasteiger partial charge is 0.407 e. The molecule has 8 heteroatoms. The molecule has 6 N–H and O–H groups in total. The SMILES string of the molecule is NC(=O)C(CCCCNC(=O)OCc1ccccc1)NC(=O)C(N)Cc1ccccc1. The van der Waals surface area contributed by atoms with E-state index in [0.29, 0.717) is 32.2 Å². The summed E-state index contributed by atoms with van der Waals surface area (Å²) in [5.41, 5.74) is 13.2. The van der Waals surface area contributed by atoms with Crippen LogP contribution in [0.2, 0.25) is 0 Å². The Morgan fingerprint density at radius 3 is 2.13 bits per heavy atom. The zero-order valence-corrected chi connectivity index (χ0v) is 17.5. The molecule has 0 aliphatic heterocycles. The summed E-state index contributed by atoms with van der Waals surface area (Å²) in [4.78, 5) is 35.7. The fourth-order valence-electron chi connectivity index (χ4n) is 2.96. The van der Waals surface area contributed by atoms with Gasteiger partial charge in [0.05, 0.1) is 6.04 Å². The van der Waals surface area contributed by atoms with Crippen LogP contribution >= 0.6 is 0 Å². The Morgan fingerprint density at radius 1 is 0.903 bits per heavy atom. The number of benzene rings is 2. The lowest BCUT2D eigenvalue weighted by molar-refractivity contribution is -0.128. The van der Waals surface area contributed by atoms with Crippen molar-refractivity contribution in [2.24, 2.45) is 11.5 Å². The van der Waals surface area contributed by atoms with E-state index in [-0.39, 0.29) is 6.61 Å². The second kappa shape index (κ2) is 13.0. The molecule has 0 fully saturated rings. The molecule has 31 heavy (non-hydrogen) atoms. The van der Waals surface area contributed by atoms with Crippen LogP contribution in [-0.4, -0.2) is 36.5 Å². The standard InChI is InChI=1S/C23H30N4O4/c24-19(15-17-9-3-1-4-10-17)22(29)27-20(21(25)28)13-7-8-14-26-23(30)31-16-18-11-5-2-6-12-18/h1-6,9-12,19-20H,7-8,13-16,24H2,(H2,25,28)(H,26,30)(H,27,29). The molecule has 8 nitrogen and oxygen atoms in total. The Balaban J connectivity index is 1.64. The van der Waals surface area contributed by atoms with Crippen LogP contribution < -0.4 is 22.1 Å². The first kappa shape index (κ1) is 23.9. The third-order valence-electron chi connectivity index (χ3n) is 4.70. The van der Waals surface area contributed by atoms with Crippen molar-refractivity contribution < 1.29 is 19.1 Å². The number of rotatable bonds is 12. The lowest BCUT2D eigenvalue weighted by Crippen LogP contribution is -2.51. The van der Waals surface area contributed by atoms with Crippen LogP contribution in [0, 0.1) is 0 Å². The lowest BCUT2D eigenvalue weighted by atomic mass is 10.0. The van der Waals surface area contributed by atoms with Gasteiger partial charge in [-0.25, -0.2) is 4.79 Å². The summed E-state index contributed by atoms with van der Waals surface area (Å²) >= 11 is 0. The third kappa shape index (κ3) is 9.31. The predicted octanol–water partition coefficient (Wildman–Crippen LogP) is 1.62. The van der Waals surface area contributed by atoms with Gasteiger partial charge in [0.25, 0.3) is 0 Å². The first-order valence-corrected chi connectivity index (χ1v) is 10.3. The molecule has 2 atom stereocenters. The second-order valence-electron chi connectivity index (χ2n) is 7.24. The molecule has 0 aromatic heterocycles. The number of hydrogen-bond donors (Lipinski definition) is 4. The highest BCUT2D eigenvalue weighted by Gasteiger charge is 2.21. The second-order valence-corrected chi connectivity index (χ2v) is 7.24. The highest BCUT2D eigenvalue weighted by atomic mass is 16.5. The number of ether oxygens (including phenoxy) is 1. The number of carbonyl (C=O) groups excluding carboxylic acids is 3. The summed E-state index contributed by atoms with van der Waals surface area (Å²) in [5.74, 6) is -1.04. The summed E-state index contributed by atoms with van der Waals surface area (Å²) in [5, 5.41) is 5.28. The van der Waals surface area contributed by atoms with Gasteiger partial charge < -0.3 is 26.8 Å². The van der Waals surface area contributed by atoms with Gasteiger partial charge in [0.2, 0.25) is 11.8 Å². The van der Waals surface area contributed by atoms with Crippen molar-refractivity contribution in [3.8, 4) is 0 Å². The molecule has 166 valence electrons. The van der Waals surface area contributed by atoms with Crippen LogP contribution in [0.25, 0.3) is 0 Å². The Bertz CT molecular complexity index is 830. The van der Waals surface area contributed by atoms with Gasteiger partial charge in [-0.15, -0.1) is 0 Å². The van der Waals surface area contributed by atoms with E-state index in [4.69, 9.17) is 16.2 Å². The molecule has 0 aliphatic carbocycles.